The first kappa shape index (κ1) is 18.9. The molecule has 0 bridgehead atoms. The fourth-order valence-electron chi connectivity index (χ4n) is 3.06. The van der Waals surface area contributed by atoms with Crippen LogP contribution in [0.4, 0.5) is 0 Å². The standard InChI is InChI=1S/C18H28N2O3S/c1-4-20(14-18(21)19-11-7-5-6-8-12-19)24(22,23)17-13-15(2)9-10-16(17)3/h9-10,13H,4-8,11-12,14H2,1-3H3. The lowest BCUT2D eigenvalue weighted by Gasteiger charge is -2.26. The average Bonchev–Trinajstić information content (AvgIpc) is 2.83. The van der Waals surface area contributed by atoms with Crippen molar-refractivity contribution in [3.8, 4) is 0 Å². The van der Waals surface area contributed by atoms with Crippen molar-refractivity contribution in [1.29, 1.82) is 0 Å². The molecule has 1 heterocycles. The summed E-state index contributed by atoms with van der Waals surface area (Å²) in [6.45, 7) is 7.12. The second-order valence-corrected chi connectivity index (χ2v) is 8.40. The van der Waals surface area contributed by atoms with Crippen LogP contribution < -0.4 is 0 Å². The number of hydrogen-bond donors (Lipinski definition) is 0. The highest BCUT2D eigenvalue weighted by molar-refractivity contribution is 7.89. The summed E-state index contributed by atoms with van der Waals surface area (Å²) >= 11 is 0. The zero-order valence-electron chi connectivity index (χ0n) is 14.9. The SMILES string of the molecule is CCN(CC(=O)N1CCCCCC1)S(=O)(=O)c1cc(C)ccc1C. The molecule has 6 heteroatoms. The van der Waals surface area contributed by atoms with Crippen molar-refractivity contribution in [3.05, 3.63) is 29.3 Å². The fraction of sp³-hybridized carbons (Fsp3) is 0.611. The molecule has 0 unspecified atom stereocenters. The molecular weight excluding hydrogens is 324 g/mol. The first-order valence-corrected chi connectivity index (χ1v) is 10.2. The molecule has 1 aromatic carbocycles. The Balaban J connectivity index is 2.20. The van der Waals surface area contributed by atoms with E-state index in [2.05, 4.69) is 0 Å². The topological polar surface area (TPSA) is 57.7 Å². The van der Waals surface area contributed by atoms with E-state index < -0.39 is 10.0 Å². The number of likely N-dealkylation sites (tertiary alicyclic amines) is 1. The van der Waals surface area contributed by atoms with Crippen LogP contribution in [0.25, 0.3) is 0 Å². The van der Waals surface area contributed by atoms with Crippen molar-refractivity contribution in [1.82, 2.24) is 9.21 Å². The molecule has 1 aliphatic heterocycles. The average molecular weight is 353 g/mol. The zero-order chi connectivity index (χ0) is 17.7. The van der Waals surface area contributed by atoms with Crippen molar-refractivity contribution in [2.75, 3.05) is 26.2 Å². The second kappa shape index (κ2) is 8.12. The number of rotatable bonds is 5. The van der Waals surface area contributed by atoms with E-state index in [1.165, 1.54) is 4.31 Å². The van der Waals surface area contributed by atoms with Crippen LogP contribution in [0.5, 0.6) is 0 Å². The van der Waals surface area contributed by atoms with E-state index in [1.54, 1.807) is 19.9 Å². The molecule has 1 aromatic rings. The number of nitrogens with zero attached hydrogens (tertiary/aromatic N) is 2. The summed E-state index contributed by atoms with van der Waals surface area (Å²) < 4.78 is 27.2. The van der Waals surface area contributed by atoms with E-state index in [-0.39, 0.29) is 19.0 Å². The summed E-state index contributed by atoms with van der Waals surface area (Å²) in [5, 5.41) is 0. The summed E-state index contributed by atoms with van der Waals surface area (Å²) in [4.78, 5) is 14.7. The third-order valence-electron chi connectivity index (χ3n) is 4.58. The molecule has 0 aromatic heterocycles. The Bertz CT molecular complexity index is 678. The van der Waals surface area contributed by atoms with Crippen molar-refractivity contribution in [2.24, 2.45) is 0 Å². The highest BCUT2D eigenvalue weighted by Gasteiger charge is 2.28. The zero-order valence-corrected chi connectivity index (χ0v) is 15.7. The number of benzene rings is 1. The molecule has 0 atom stereocenters. The highest BCUT2D eigenvalue weighted by Crippen LogP contribution is 2.21. The van der Waals surface area contributed by atoms with Crippen molar-refractivity contribution >= 4 is 15.9 Å². The quantitative estimate of drug-likeness (QED) is 0.819. The largest absolute Gasteiger partial charge is 0.342 e. The van der Waals surface area contributed by atoms with Crippen molar-refractivity contribution in [3.63, 3.8) is 0 Å². The third kappa shape index (κ3) is 4.36. The lowest BCUT2D eigenvalue weighted by molar-refractivity contribution is -0.131. The maximum atomic E-state index is 13.0. The Kier molecular flexibility index (Phi) is 6.40. The van der Waals surface area contributed by atoms with Gasteiger partial charge in [0.2, 0.25) is 15.9 Å². The molecule has 1 amide bonds. The Morgan fingerprint density at radius 3 is 2.33 bits per heavy atom. The third-order valence-corrected chi connectivity index (χ3v) is 6.65. The molecule has 0 saturated carbocycles. The van der Waals surface area contributed by atoms with Gasteiger partial charge in [0.25, 0.3) is 0 Å². The van der Waals surface area contributed by atoms with Gasteiger partial charge in [0.05, 0.1) is 11.4 Å². The van der Waals surface area contributed by atoms with Gasteiger partial charge in [-0.25, -0.2) is 8.42 Å². The molecule has 5 nitrogen and oxygen atoms in total. The van der Waals surface area contributed by atoms with Gasteiger partial charge in [-0.3, -0.25) is 4.79 Å². The van der Waals surface area contributed by atoms with E-state index in [1.807, 2.05) is 24.0 Å². The summed E-state index contributed by atoms with van der Waals surface area (Å²) in [5.41, 5.74) is 1.61. The minimum Gasteiger partial charge on any atom is -0.342 e. The molecule has 1 fully saturated rings. The molecule has 0 spiro atoms. The number of amides is 1. The Hall–Kier alpha value is -1.40. The lowest BCUT2D eigenvalue weighted by atomic mass is 10.2. The summed E-state index contributed by atoms with van der Waals surface area (Å²) in [7, 11) is -3.66. The smallest absolute Gasteiger partial charge is 0.243 e. The van der Waals surface area contributed by atoms with E-state index >= 15 is 0 Å². The van der Waals surface area contributed by atoms with Crippen molar-refractivity contribution < 1.29 is 13.2 Å². The van der Waals surface area contributed by atoms with Gasteiger partial charge < -0.3 is 4.90 Å². The molecule has 134 valence electrons. The normalized spacial score (nSPS) is 16.2. The Morgan fingerprint density at radius 1 is 1.12 bits per heavy atom. The maximum absolute atomic E-state index is 13.0. The first-order valence-electron chi connectivity index (χ1n) is 8.71. The molecular formula is C18H28N2O3S. The van der Waals surface area contributed by atoms with E-state index in [0.717, 1.165) is 44.3 Å². The van der Waals surface area contributed by atoms with E-state index in [9.17, 15) is 13.2 Å². The predicted octanol–water partition coefficient (Wildman–Crippen LogP) is 2.72. The lowest BCUT2D eigenvalue weighted by Crippen LogP contribution is -2.43. The van der Waals surface area contributed by atoms with Gasteiger partial charge in [-0.15, -0.1) is 0 Å². The highest BCUT2D eigenvalue weighted by atomic mass is 32.2. The van der Waals surface area contributed by atoms with Crippen LogP contribution >= 0.6 is 0 Å². The number of carbonyl (C=O) groups is 1. The second-order valence-electron chi connectivity index (χ2n) is 6.50. The minimum absolute atomic E-state index is 0.0772. The summed E-state index contributed by atoms with van der Waals surface area (Å²) in [6, 6.07) is 5.39. The number of likely N-dealkylation sites (N-methyl/N-ethyl adjacent to an activating group) is 1. The first-order chi connectivity index (χ1) is 11.4. The molecule has 24 heavy (non-hydrogen) atoms. The summed E-state index contributed by atoms with van der Waals surface area (Å²) in [6.07, 6.45) is 4.29. The van der Waals surface area contributed by atoms with Crippen LogP contribution in [0.2, 0.25) is 0 Å². The number of hydrogen-bond acceptors (Lipinski definition) is 3. The molecule has 1 saturated heterocycles. The van der Waals surface area contributed by atoms with E-state index in [4.69, 9.17) is 0 Å². The van der Waals surface area contributed by atoms with Crippen LogP contribution in [0.1, 0.15) is 43.7 Å². The molecule has 0 N–H and O–H groups in total. The van der Waals surface area contributed by atoms with Crippen LogP contribution in [0, 0.1) is 13.8 Å². The van der Waals surface area contributed by atoms with Gasteiger partial charge in [0.15, 0.2) is 0 Å². The monoisotopic (exact) mass is 352 g/mol. The maximum Gasteiger partial charge on any atom is 0.243 e. The Labute approximate surface area is 145 Å². The van der Waals surface area contributed by atoms with Crippen molar-refractivity contribution in [2.45, 2.75) is 51.3 Å². The van der Waals surface area contributed by atoms with Gasteiger partial charge in [0.1, 0.15) is 0 Å². The van der Waals surface area contributed by atoms with Crippen LogP contribution in [-0.4, -0.2) is 49.7 Å². The van der Waals surface area contributed by atoms with Gasteiger partial charge in [-0.2, -0.15) is 4.31 Å². The van der Waals surface area contributed by atoms with Gasteiger partial charge in [0, 0.05) is 19.6 Å². The van der Waals surface area contributed by atoms with Gasteiger partial charge in [-0.05, 0) is 43.9 Å². The number of sulfonamides is 1. The summed E-state index contributed by atoms with van der Waals surface area (Å²) in [5.74, 6) is -0.0902. The predicted molar refractivity (Wildman–Crippen MR) is 95.4 cm³/mol. The Morgan fingerprint density at radius 2 is 1.75 bits per heavy atom. The minimum atomic E-state index is -3.66. The van der Waals surface area contributed by atoms with Gasteiger partial charge in [-0.1, -0.05) is 31.9 Å². The number of carbonyl (C=O) groups excluding carboxylic acids is 1. The fourth-order valence-corrected chi connectivity index (χ4v) is 4.77. The van der Waals surface area contributed by atoms with E-state index in [0.29, 0.717) is 10.5 Å². The van der Waals surface area contributed by atoms with Gasteiger partial charge >= 0.3 is 0 Å². The number of aryl methyl sites for hydroxylation is 2. The van der Waals surface area contributed by atoms with Crippen LogP contribution in [0.3, 0.4) is 0 Å². The molecule has 0 aliphatic carbocycles. The van der Waals surface area contributed by atoms with Crippen LogP contribution in [0.15, 0.2) is 23.1 Å². The molecule has 0 radical (unpaired) electrons. The molecule has 2 rings (SSSR count). The van der Waals surface area contributed by atoms with Crippen LogP contribution in [-0.2, 0) is 14.8 Å². The molecule has 1 aliphatic rings.